The predicted octanol–water partition coefficient (Wildman–Crippen LogP) is 3.23. The van der Waals surface area contributed by atoms with E-state index >= 15 is 0 Å². The number of nitrogens with one attached hydrogen (secondary N) is 3. The zero-order chi connectivity index (χ0) is 22.6. The highest BCUT2D eigenvalue weighted by molar-refractivity contribution is 7.92. The van der Waals surface area contributed by atoms with Crippen LogP contribution in [0.4, 0.5) is 11.4 Å². The molecule has 0 aliphatic rings. The fourth-order valence-corrected chi connectivity index (χ4v) is 4.38. The van der Waals surface area contributed by atoms with Gasteiger partial charge in [0.25, 0.3) is 15.9 Å². The number of methoxy groups -OCH3 is 2. The van der Waals surface area contributed by atoms with Crippen LogP contribution in [-0.2, 0) is 21.4 Å². The number of H-pyrrole nitrogens is 1. The van der Waals surface area contributed by atoms with Gasteiger partial charge in [-0.15, -0.1) is 0 Å². The lowest BCUT2D eigenvalue weighted by Gasteiger charge is -2.15. The molecule has 0 bridgehead atoms. The molecule has 0 aliphatic heterocycles. The average Bonchev–Trinajstić information content (AvgIpc) is 3.20. The van der Waals surface area contributed by atoms with Gasteiger partial charge in [0.05, 0.1) is 31.3 Å². The molecule has 3 rings (SSSR count). The van der Waals surface area contributed by atoms with E-state index in [1.807, 2.05) is 32.0 Å². The number of nitrogens with zero attached hydrogens (tertiary/aromatic N) is 1. The van der Waals surface area contributed by atoms with Crippen molar-refractivity contribution < 1.29 is 22.7 Å². The van der Waals surface area contributed by atoms with Crippen LogP contribution in [0.5, 0.6) is 5.88 Å². The zero-order valence-corrected chi connectivity index (χ0v) is 18.5. The molecule has 10 heteroatoms. The lowest BCUT2D eigenvalue weighted by Crippen LogP contribution is -2.18. The lowest BCUT2D eigenvalue weighted by atomic mass is 10.1. The summed E-state index contributed by atoms with van der Waals surface area (Å²) in [5.74, 6) is -0.528. The number of hydrogen-bond acceptors (Lipinski definition) is 6. The molecule has 3 aromatic rings. The molecular weight excluding hydrogens is 420 g/mol. The predicted molar refractivity (Wildman–Crippen MR) is 117 cm³/mol. The molecule has 0 aliphatic carbocycles. The summed E-state index contributed by atoms with van der Waals surface area (Å²) in [7, 11) is -1.15. The van der Waals surface area contributed by atoms with Crippen molar-refractivity contribution in [2.24, 2.45) is 0 Å². The van der Waals surface area contributed by atoms with Gasteiger partial charge in [-0.2, -0.15) is 0 Å². The smallest absolute Gasteiger partial charge is 0.272 e. The molecule has 1 amide bonds. The topological polar surface area (TPSA) is 122 Å². The van der Waals surface area contributed by atoms with E-state index < -0.39 is 15.9 Å². The largest absolute Gasteiger partial charge is 0.480 e. The Labute approximate surface area is 180 Å². The fourth-order valence-electron chi connectivity index (χ4n) is 3.03. The van der Waals surface area contributed by atoms with Gasteiger partial charge in [0.15, 0.2) is 4.90 Å². The molecular formula is C21H24N4O5S. The quantitative estimate of drug-likeness (QED) is 0.490. The summed E-state index contributed by atoms with van der Waals surface area (Å²) in [6.45, 7) is 3.98. The summed E-state index contributed by atoms with van der Waals surface area (Å²) < 4.78 is 39.0. The Morgan fingerprint density at radius 3 is 2.52 bits per heavy atom. The first kappa shape index (κ1) is 22.3. The highest BCUT2D eigenvalue weighted by atomic mass is 32.2. The molecule has 164 valence electrons. The number of rotatable bonds is 8. The van der Waals surface area contributed by atoms with E-state index in [2.05, 4.69) is 20.0 Å². The Morgan fingerprint density at radius 1 is 1.16 bits per heavy atom. The van der Waals surface area contributed by atoms with E-state index in [0.717, 1.165) is 16.7 Å². The molecule has 9 nitrogen and oxygen atoms in total. The molecule has 0 saturated heterocycles. The van der Waals surface area contributed by atoms with Gasteiger partial charge < -0.3 is 19.8 Å². The van der Waals surface area contributed by atoms with Crippen molar-refractivity contribution in [1.82, 2.24) is 9.97 Å². The first-order valence-corrected chi connectivity index (χ1v) is 10.8. The molecule has 0 radical (unpaired) electrons. The zero-order valence-electron chi connectivity index (χ0n) is 17.6. The molecule has 0 atom stereocenters. The second-order valence-corrected chi connectivity index (χ2v) is 8.56. The SMILES string of the molecule is COCc1c[nH]c(C(=O)Nc2cnc(OC)c(S(=O)(=O)Nc3c(C)cccc3C)c2)c1. The molecule has 1 aromatic carbocycles. The summed E-state index contributed by atoms with van der Waals surface area (Å²) in [6.07, 6.45) is 2.99. The third kappa shape index (κ3) is 5.04. The first-order chi connectivity index (χ1) is 14.7. The van der Waals surface area contributed by atoms with E-state index in [0.29, 0.717) is 18.0 Å². The number of ether oxygens (including phenoxy) is 2. The van der Waals surface area contributed by atoms with E-state index in [-0.39, 0.29) is 16.5 Å². The molecule has 0 fully saturated rings. The number of anilines is 2. The lowest BCUT2D eigenvalue weighted by molar-refractivity contribution is 0.102. The van der Waals surface area contributed by atoms with Gasteiger partial charge >= 0.3 is 0 Å². The Hall–Kier alpha value is -3.37. The summed E-state index contributed by atoms with van der Waals surface area (Å²) >= 11 is 0. The summed E-state index contributed by atoms with van der Waals surface area (Å²) in [6, 6.07) is 8.42. The van der Waals surface area contributed by atoms with Crippen molar-refractivity contribution in [2.75, 3.05) is 24.3 Å². The van der Waals surface area contributed by atoms with Crippen LogP contribution in [0.25, 0.3) is 0 Å². The number of carbonyl (C=O) groups is 1. The van der Waals surface area contributed by atoms with Crippen molar-refractivity contribution >= 4 is 27.3 Å². The number of benzene rings is 1. The van der Waals surface area contributed by atoms with Crippen LogP contribution in [0.1, 0.15) is 27.2 Å². The van der Waals surface area contributed by atoms with E-state index in [4.69, 9.17) is 9.47 Å². The monoisotopic (exact) mass is 444 g/mol. The third-order valence-corrected chi connectivity index (χ3v) is 5.92. The Balaban J connectivity index is 1.90. The van der Waals surface area contributed by atoms with Crippen LogP contribution >= 0.6 is 0 Å². The molecule has 2 heterocycles. The van der Waals surface area contributed by atoms with Gasteiger partial charge in [-0.05, 0) is 42.7 Å². The maximum Gasteiger partial charge on any atom is 0.272 e. The minimum Gasteiger partial charge on any atom is -0.480 e. The van der Waals surface area contributed by atoms with Crippen molar-refractivity contribution in [3.05, 3.63) is 65.1 Å². The molecule has 0 saturated carbocycles. The van der Waals surface area contributed by atoms with Crippen LogP contribution in [0.2, 0.25) is 0 Å². The van der Waals surface area contributed by atoms with Gasteiger partial charge in [0, 0.05) is 13.3 Å². The first-order valence-electron chi connectivity index (χ1n) is 9.36. The minimum atomic E-state index is -4.04. The van der Waals surface area contributed by atoms with Gasteiger partial charge in [-0.25, -0.2) is 13.4 Å². The highest BCUT2D eigenvalue weighted by Crippen LogP contribution is 2.29. The molecule has 2 aromatic heterocycles. The molecule has 0 unspecified atom stereocenters. The van der Waals surface area contributed by atoms with Crippen LogP contribution in [0, 0.1) is 13.8 Å². The molecule has 31 heavy (non-hydrogen) atoms. The molecule has 3 N–H and O–H groups in total. The van der Waals surface area contributed by atoms with Gasteiger partial charge in [0.1, 0.15) is 5.69 Å². The summed E-state index contributed by atoms with van der Waals surface area (Å²) in [5.41, 5.74) is 3.35. The van der Waals surface area contributed by atoms with Crippen LogP contribution in [-0.4, -0.2) is 38.5 Å². The average molecular weight is 445 g/mol. The minimum absolute atomic E-state index is 0.0843. The van der Waals surface area contributed by atoms with Gasteiger partial charge in [0.2, 0.25) is 5.88 Å². The highest BCUT2D eigenvalue weighted by Gasteiger charge is 2.23. The van der Waals surface area contributed by atoms with Crippen LogP contribution < -0.4 is 14.8 Å². The Bertz CT molecular complexity index is 1180. The second kappa shape index (κ2) is 9.19. The number of hydrogen-bond donors (Lipinski definition) is 3. The number of para-hydroxylation sites is 1. The maximum atomic E-state index is 13.1. The number of aromatic amines is 1. The summed E-state index contributed by atoms with van der Waals surface area (Å²) in [4.78, 5) is 19.2. The third-order valence-electron chi connectivity index (χ3n) is 4.57. The standard InChI is InChI=1S/C21H24N4O5S/c1-13-6-5-7-14(2)19(13)25-31(27,28)18-9-16(11-23-21(18)30-4)24-20(26)17-8-15(10-22-17)12-29-3/h5-11,22,25H,12H2,1-4H3,(H,24,26). The number of sulfonamides is 1. The fraction of sp³-hybridized carbons (Fsp3) is 0.238. The number of amides is 1. The van der Waals surface area contributed by atoms with E-state index in [9.17, 15) is 13.2 Å². The van der Waals surface area contributed by atoms with Crippen LogP contribution in [0.15, 0.2) is 47.6 Å². The van der Waals surface area contributed by atoms with Crippen molar-refractivity contribution in [3.63, 3.8) is 0 Å². The van der Waals surface area contributed by atoms with E-state index in [1.165, 1.54) is 19.4 Å². The van der Waals surface area contributed by atoms with Gasteiger partial charge in [-0.3, -0.25) is 9.52 Å². The Morgan fingerprint density at radius 2 is 1.87 bits per heavy atom. The normalized spacial score (nSPS) is 11.2. The Kier molecular flexibility index (Phi) is 6.62. The number of carbonyl (C=O) groups excluding carboxylic acids is 1. The van der Waals surface area contributed by atoms with Crippen LogP contribution in [0.3, 0.4) is 0 Å². The second-order valence-electron chi connectivity index (χ2n) is 6.91. The van der Waals surface area contributed by atoms with Crippen molar-refractivity contribution in [2.45, 2.75) is 25.3 Å². The van der Waals surface area contributed by atoms with Crippen molar-refractivity contribution in [1.29, 1.82) is 0 Å². The van der Waals surface area contributed by atoms with Crippen molar-refractivity contribution in [3.8, 4) is 5.88 Å². The number of aryl methyl sites for hydroxylation is 2. The van der Waals surface area contributed by atoms with E-state index in [1.54, 1.807) is 19.4 Å². The number of pyridine rings is 1. The van der Waals surface area contributed by atoms with Gasteiger partial charge in [-0.1, -0.05) is 18.2 Å². The maximum absolute atomic E-state index is 13.1. The summed E-state index contributed by atoms with van der Waals surface area (Å²) in [5, 5.41) is 2.64. The number of aromatic nitrogens is 2. The molecule has 0 spiro atoms.